The highest BCUT2D eigenvalue weighted by Crippen LogP contribution is 2.32. The lowest BCUT2D eigenvalue weighted by Gasteiger charge is -2.20. The molecule has 1 aliphatic carbocycles. The second kappa shape index (κ2) is 3.35. The molecule has 10 heavy (non-hydrogen) atoms. The van der Waals surface area contributed by atoms with Crippen molar-refractivity contribution in [3.05, 3.63) is 0 Å². The summed E-state index contributed by atoms with van der Waals surface area (Å²) in [7, 11) is 0. The van der Waals surface area contributed by atoms with Crippen LogP contribution in [0, 0.1) is 0 Å². The molecule has 0 spiro atoms. The first-order chi connectivity index (χ1) is 4.77. The average Bonchev–Trinajstić information content (AvgIpc) is 2.33. The van der Waals surface area contributed by atoms with Crippen LogP contribution in [0.2, 0.25) is 0 Å². The zero-order valence-electron chi connectivity index (χ0n) is 6.47. The number of aliphatic hydroxyl groups is 1. The van der Waals surface area contributed by atoms with E-state index in [0.717, 1.165) is 25.7 Å². The smallest absolute Gasteiger partial charge is 0.0648 e. The fourth-order valence-corrected chi connectivity index (χ4v) is 1.71. The third kappa shape index (κ3) is 1.96. The van der Waals surface area contributed by atoms with Crippen molar-refractivity contribution in [2.75, 3.05) is 6.54 Å². The molecule has 0 radical (unpaired) electrons. The highest BCUT2D eigenvalue weighted by atomic mass is 16.3. The maximum Gasteiger partial charge on any atom is 0.0648 e. The first-order valence-corrected chi connectivity index (χ1v) is 4.19. The Morgan fingerprint density at radius 3 is 2.40 bits per heavy atom. The summed E-state index contributed by atoms with van der Waals surface area (Å²) in [4.78, 5) is 0. The van der Waals surface area contributed by atoms with E-state index in [0.29, 0.717) is 6.54 Å². The number of nitrogens with two attached hydrogens (primary N) is 1. The predicted octanol–water partition coefficient (Wildman–Crippen LogP) is 1.03. The second-order valence-electron chi connectivity index (χ2n) is 3.32. The molecule has 0 atom stereocenters. The second-order valence-corrected chi connectivity index (χ2v) is 3.32. The van der Waals surface area contributed by atoms with Crippen molar-refractivity contribution in [2.45, 2.75) is 44.1 Å². The topological polar surface area (TPSA) is 46.2 Å². The minimum absolute atomic E-state index is 0.334. The van der Waals surface area contributed by atoms with Crippen molar-refractivity contribution >= 4 is 0 Å². The first-order valence-electron chi connectivity index (χ1n) is 4.19. The van der Waals surface area contributed by atoms with Gasteiger partial charge in [-0.1, -0.05) is 12.8 Å². The summed E-state index contributed by atoms with van der Waals surface area (Å²) in [5.41, 5.74) is 5.02. The minimum Gasteiger partial charge on any atom is -0.390 e. The number of rotatable bonds is 3. The lowest BCUT2D eigenvalue weighted by atomic mass is 9.96. The van der Waals surface area contributed by atoms with Crippen LogP contribution in [0.1, 0.15) is 38.5 Å². The molecule has 1 saturated carbocycles. The summed E-state index contributed by atoms with van der Waals surface area (Å²) in [6, 6.07) is 0. The summed E-state index contributed by atoms with van der Waals surface area (Å²) < 4.78 is 0. The zero-order chi connectivity index (χ0) is 7.45. The van der Waals surface area contributed by atoms with E-state index in [1.54, 1.807) is 0 Å². The zero-order valence-corrected chi connectivity index (χ0v) is 6.47. The van der Waals surface area contributed by atoms with Crippen LogP contribution in [-0.4, -0.2) is 17.3 Å². The Hall–Kier alpha value is -0.0800. The Morgan fingerprint density at radius 2 is 1.90 bits per heavy atom. The van der Waals surface area contributed by atoms with Gasteiger partial charge in [0, 0.05) is 0 Å². The van der Waals surface area contributed by atoms with Crippen LogP contribution in [-0.2, 0) is 0 Å². The summed E-state index contributed by atoms with van der Waals surface area (Å²) in [6.45, 7) is 0.711. The molecule has 1 fully saturated rings. The average molecular weight is 143 g/mol. The lowest BCUT2D eigenvalue weighted by molar-refractivity contribution is 0.0374. The molecule has 0 saturated heterocycles. The fourth-order valence-electron chi connectivity index (χ4n) is 1.71. The van der Waals surface area contributed by atoms with Crippen molar-refractivity contribution in [1.29, 1.82) is 0 Å². The van der Waals surface area contributed by atoms with Gasteiger partial charge in [-0.15, -0.1) is 0 Å². The van der Waals surface area contributed by atoms with E-state index in [1.165, 1.54) is 12.8 Å². The van der Waals surface area contributed by atoms with Gasteiger partial charge in [0.05, 0.1) is 5.60 Å². The monoisotopic (exact) mass is 143 g/mol. The Bertz CT molecular complexity index is 97.4. The normalized spacial score (nSPS) is 23.4. The molecular formula is C8H17NO. The summed E-state index contributed by atoms with van der Waals surface area (Å²) in [5.74, 6) is 0. The Morgan fingerprint density at radius 1 is 1.30 bits per heavy atom. The molecule has 0 unspecified atom stereocenters. The van der Waals surface area contributed by atoms with Gasteiger partial charge in [0.2, 0.25) is 0 Å². The predicted molar refractivity (Wildman–Crippen MR) is 41.7 cm³/mol. The van der Waals surface area contributed by atoms with E-state index in [-0.39, 0.29) is 5.60 Å². The summed E-state index contributed by atoms with van der Waals surface area (Å²) in [5, 5.41) is 9.77. The molecule has 0 amide bonds. The van der Waals surface area contributed by atoms with Crippen LogP contribution < -0.4 is 5.73 Å². The molecule has 1 aliphatic rings. The van der Waals surface area contributed by atoms with Gasteiger partial charge in [0.25, 0.3) is 0 Å². The molecule has 0 aromatic heterocycles. The van der Waals surface area contributed by atoms with Crippen molar-refractivity contribution in [3.8, 4) is 0 Å². The van der Waals surface area contributed by atoms with E-state index in [9.17, 15) is 5.11 Å². The lowest BCUT2D eigenvalue weighted by Crippen LogP contribution is -2.24. The van der Waals surface area contributed by atoms with Crippen LogP contribution in [0.5, 0.6) is 0 Å². The van der Waals surface area contributed by atoms with Crippen LogP contribution >= 0.6 is 0 Å². The van der Waals surface area contributed by atoms with Crippen LogP contribution in [0.3, 0.4) is 0 Å². The Labute approximate surface area is 62.4 Å². The van der Waals surface area contributed by atoms with Gasteiger partial charge in [-0.25, -0.2) is 0 Å². The van der Waals surface area contributed by atoms with Crippen LogP contribution in [0.4, 0.5) is 0 Å². The van der Waals surface area contributed by atoms with E-state index in [2.05, 4.69) is 0 Å². The van der Waals surface area contributed by atoms with Crippen LogP contribution in [0.15, 0.2) is 0 Å². The molecular weight excluding hydrogens is 126 g/mol. The van der Waals surface area contributed by atoms with Gasteiger partial charge >= 0.3 is 0 Å². The molecule has 60 valence electrons. The maximum atomic E-state index is 9.77. The number of hydrogen-bond donors (Lipinski definition) is 2. The van der Waals surface area contributed by atoms with Crippen molar-refractivity contribution in [1.82, 2.24) is 0 Å². The molecule has 2 heteroatoms. The third-order valence-electron chi connectivity index (χ3n) is 2.38. The highest BCUT2D eigenvalue weighted by Gasteiger charge is 2.29. The van der Waals surface area contributed by atoms with Gasteiger partial charge in [-0.05, 0) is 32.2 Å². The van der Waals surface area contributed by atoms with Gasteiger partial charge < -0.3 is 10.8 Å². The molecule has 0 bridgehead atoms. The SMILES string of the molecule is NCCCC1(O)CCCC1. The molecule has 0 aromatic rings. The van der Waals surface area contributed by atoms with E-state index >= 15 is 0 Å². The van der Waals surface area contributed by atoms with Crippen LogP contribution in [0.25, 0.3) is 0 Å². The van der Waals surface area contributed by atoms with Gasteiger partial charge in [0.1, 0.15) is 0 Å². The van der Waals surface area contributed by atoms with Gasteiger partial charge in [-0.2, -0.15) is 0 Å². The van der Waals surface area contributed by atoms with Crippen molar-refractivity contribution in [2.24, 2.45) is 5.73 Å². The fraction of sp³-hybridized carbons (Fsp3) is 1.00. The largest absolute Gasteiger partial charge is 0.390 e. The number of hydrogen-bond acceptors (Lipinski definition) is 2. The molecule has 1 rings (SSSR count). The van der Waals surface area contributed by atoms with Gasteiger partial charge in [-0.3, -0.25) is 0 Å². The molecule has 0 aliphatic heterocycles. The van der Waals surface area contributed by atoms with E-state index in [4.69, 9.17) is 5.73 Å². The molecule has 2 nitrogen and oxygen atoms in total. The summed E-state index contributed by atoms with van der Waals surface area (Å²) in [6.07, 6.45) is 6.25. The summed E-state index contributed by atoms with van der Waals surface area (Å²) >= 11 is 0. The minimum atomic E-state index is -0.334. The Kier molecular flexibility index (Phi) is 2.69. The molecule has 0 heterocycles. The molecule has 3 N–H and O–H groups in total. The van der Waals surface area contributed by atoms with Crippen molar-refractivity contribution < 1.29 is 5.11 Å². The van der Waals surface area contributed by atoms with E-state index < -0.39 is 0 Å². The standard InChI is InChI=1S/C8H17NO/c9-7-3-6-8(10)4-1-2-5-8/h10H,1-7,9H2. The maximum absolute atomic E-state index is 9.77. The first kappa shape index (κ1) is 8.02. The third-order valence-corrected chi connectivity index (χ3v) is 2.38. The van der Waals surface area contributed by atoms with Gasteiger partial charge in [0.15, 0.2) is 0 Å². The Balaban J connectivity index is 2.22. The quantitative estimate of drug-likeness (QED) is 0.620. The highest BCUT2D eigenvalue weighted by molar-refractivity contribution is 4.83. The van der Waals surface area contributed by atoms with E-state index in [1.807, 2.05) is 0 Å². The van der Waals surface area contributed by atoms with Crippen molar-refractivity contribution in [3.63, 3.8) is 0 Å². The molecule has 0 aromatic carbocycles.